The van der Waals surface area contributed by atoms with Gasteiger partial charge in [-0.1, -0.05) is 12.1 Å². The Morgan fingerprint density at radius 1 is 1.53 bits per heavy atom. The zero-order chi connectivity index (χ0) is 12.7. The van der Waals surface area contributed by atoms with Crippen molar-refractivity contribution in [3.05, 3.63) is 35.9 Å². The molecule has 1 amide bonds. The Balaban J connectivity index is 2.51. The van der Waals surface area contributed by atoms with Crippen LogP contribution in [0.25, 0.3) is 6.08 Å². The van der Waals surface area contributed by atoms with Gasteiger partial charge in [-0.15, -0.1) is 12.3 Å². The summed E-state index contributed by atoms with van der Waals surface area (Å²) in [7, 11) is 0. The lowest BCUT2D eigenvalue weighted by molar-refractivity contribution is -0.116. The van der Waals surface area contributed by atoms with Crippen LogP contribution in [0.2, 0.25) is 0 Å². The van der Waals surface area contributed by atoms with Gasteiger partial charge in [0.15, 0.2) is 0 Å². The van der Waals surface area contributed by atoms with E-state index < -0.39 is 0 Å². The molecule has 1 rings (SSSR count). The molecule has 0 fully saturated rings. The molecule has 0 aromatic heterocycles. The van der Waals surface area contributed by atoms with Crippen LogP contribution in [0.15, 0.2) is 30.3 Å². The molecule has 1 aromatic rings. The van der Waals surface area contributed by atoms with Gasteiger partial charge < -0.3 is 11.1 Å². The Kier molecular flexibility index (Phi) is 4.83. The second kappa shape index (κ2) is 6.39. The molecule has 3 heteroatoms. The van der Waals surface area contributed by atoms with Crippen molar-refractivity contribution >= 4 is 17.7 Å². The van der Waals surface area contributed by atoms with Gasteiger partial charge in [-0.3, -0.25) is 4.79 Å². The third-order valence-electron chi connectivity index (χ3n) is 2.18. The monoisotopic (exact) mass is 228 g/mol. The number of terminal acetylenes is 1. The summed E-state index contributed by atoms with van der Waals surface area (Å²) in [6.07, 6.45) is 8.90. The number of hydrogen-bond donors (Lipinski definition) is 2. The number of carbonyl (C=O) groups excluding carboxylic acids is 1. The number of anilines is 1. The van der Waals surface area contributed by atoms with E-state index in [-0.39, 0.29) is 11.9 Å². The number of nitrogens with one attached hydrogen (secondary N) is 1. The second-order valence-electron chi connectivity index (χ2n) is 3.82. The van der Waals surface area contributed by atoms with Gasteiger partial charge in [0.25, 0.3) is 0 Å². The molecule has 0 aliphatic rings. The first-order chi connectivity index (χ1) is 8.11. The molecule has 0 radical (unpaired) electrons. The average molecular weight is 228 g/mol. The summed E-state index contributed by atoms with van der Waals surface area (Å²) in [4.78, 5) is 11.5. The maximum atomic E-state index is 11.5. The van der Waals surface area contributed by atoms with E-state index >= 15 is 0 Å². The lowest BCUT2D eigenvalue weighted by Crippen LogP contribution is -2.30. The number of rotatable bonds is 4. The van der Waals surface area contributed by atoms with Crippen LogP contribution in [0.3, 0.4) is 0 Å². The Hall–Kier alpha value is -2.21. The van der Waals surface area contributed by atoms with Crippen LogP contribution < -0.4 is 11.1 Å². The zero-order valence-electron chi connectivity index (χ0n) is 9.81. The van der Waals surface area contributed by atoms with Gasteiger partial charge in [0.05, 0.1) is 0 Å². The quantitative estimate of drug-likeness (QED) is 0.469. The first-order valence-electron chi connectivity index (χ1n) is 5.39. The fraction of sp³-hybridized carbons (Fsp3) is 0.214. The average Bonchev–Trinajstić information content (AvgIpc) is 2.28. The highest BCUT2D eigenvalue weighted by Gasteiger charge is 2.01. The Morgan fingerprint density at radius 2 is 2.18 bits per heavy atom. The summed E-state index contributed by atoms with van der Waals surface area (Å²) >= 11 is 0. The molecule has 0 bridgehead atoms. The zero-order valence-corrected chi connectivity index (χ0v) is 9.81. The third-order valence-corrected chi connectivity index (χ3v) is 2.18. The van der Waals surface area contributed by atoms with Gasteiger partial charge in [0, 0.05) is 24.2 Å². The molecule has 1 unspecified atom stereocenters. The predicted octanol–water partition coefficient (Wildman–Crippen LogP) is 1.81. The van der Waals surface area contributed by atoms with Crippen LogP contribution in [0.1, 0.15) is 18.9 Å². The predicted molar refractivity (Wildman–Crippen MR) is 70.9 cm³/mol. The minimum Gasteiger partial charge on any atom is -0.399 e. The van der Waals surface area contributed by atoms with Crippen LogP contribution in [0.5, 0.6) is 0 Å². The number of benzene rings is 1. The molecule has 1 aromatic carbocycles. The number of carbonyl (C=O) groups is 1. The highest BCUT2D eigenvalue weighted by Crippen LogP contribution is 2.06. The molecule has 0 saturated carbocycles. The van der Waals surface area contributed by atoms with E-state index in [1.165, 1.54) is 6.08 Å². The molecule has 0 spiro atoms. The molecule has 1 atom stereocenters. The van der Waals surface area contributed by atoms with Crippen molar-refractivity contribution in [1.29, 1.82) is 0 Å². The van der Waals surface area contributed by atoms with Gasteiger partial charge in [0.1, 0.15) is 0 Å². The molecule has 0 saturated heterocycles. The highest BCUT2D eigenvalue weighted by molar-refractivity contribution is 5.91. The first-order valence-corrected chi connectivity index (χ1v) is 5.39. The van der Waals surface area contributed by atoms with Gasteiger partial charge in [0.2, 0.25) is 5.91 Å². The lowest BCUT2D eigenvalue weighted by Gasteiger charge is -2.07. The number of nitrogen functional groups attached to an aromatic ring is 1. The van der Waals surface area contributed by atoms with E-state index in [1.807, 2.05) is 19.1 Å². The Bertz CT molecular complexity index is 440. The minimum absolute atomic E-state index is 0.0106. The first kappa shape index (κ1) is 12.9. The Labute approximate surface area is 102 Å². The third kappa shape index (κ3) is 4.89. The lowest BCUT2D eigenvalue weighted by atomic mass is 10.2. The normalized spacial score (nSPS) is 12.0. The van der Waals surface area contributed by atoms with E-state index in [1.54, 1.807) is 18.2 Å². The number of hydrogen-bond acceptors (Lipinski definition) is 2. The van der Waals surface area contributed by atoms with E-state index in [2.05, 4.69) is 11.2 Å². The molecule has 0 heterocycles. The molecule has 3 N–H and O–H groups in total. The van der Waals surface area contributed by atoms with Crippen LogP contribution in [0.4, 0.5) is 5.69 Å². The summed E-state index contributed by atoms with van der Waals surface area (Å²) < 4.78 is 0. The minimum atomic E-state index is -0.149. The van der Waals surface area contributed by atoms with E-state index in [0.29, 0.717) is 12.1 Å². The second-order valence-corrected chi connectivity index (χ2v) is 3.82. The molecule has 0 aliphatic carbocycles. The van der Waals surface area contributed by atoms with E-state index in [0.717, 1.165) is 5.56 Å². The van der Waals surface area contributed by atoms with Crippen molar-refractivity contribution in [1.82, 2.24) is 5.32 Å². The van der Waals surface area contributed by atoms with Gasteiger partial charge in [-0.05, 0) is 30.7 Å². The van der Waals surface area contributed by atoms with Crippen LogP contribution in [0, 0.1) is 12.3 Å². The van der Waals surface area contributed by atoms with Crippen LogP contribution in [-0.2, 0) is 4.79 Å². The fourth-order valence-corrected chi connectivity index (χ4v) is 1.30. The summed E-state index contributed by atoms with van der Waals surface area (Å²) in [5.41, 5.74) is 7.19. The van der Waals surface area contributed by atoms with Gasteiger partial charge in [-0.2, -0.15) is 0 Å². The summed E-state index contributed by atoms with van der Waals surface area (Å²) in [6.45, 7) is 1.87. The van der Waals surface area contributed by atoms with E-state index in [4.69, 9.17) is 12.2 Å². The highest BCUT2D eigenvalue weighted by atomic mass is 16.1. The molecule has 17 heavy (non-hydrogen) atoms. The number of amides is 1. The maximum Gasteiger partial charge on any atom is 0.244 e. The maximum absolute atomic E-state index is 11.5. The smallest absolute Gasteiger partial charge is 0.244 e. The Morgan fingerprint density at radius 3 is 2.76 bits per heavy atom. The molecule has 88 valence electrons. The van der Waals surface area contributed by atoms with Gasteiger partial charge >= 0.3 is 0 Å². The van der Waals surface area contributed by atoms with Crippen LogP contribution >= 0.6 is 0 Å². The molecule has 0 aliphatic heterocycles. The van der Waals surface area contributed by atoms with Crippen molar-refractivity contribution in [3.8, 4) is 12.3 Å². The van der Waals surface area contributed by atoms with E-state index in [9.17, 15) is 4.79 Å². The van der Waals surface area contributed by atoms with Crippen molar-refractivity contribution < 1.29 is 4.79 Å². The topological polar surface area (TPSA) is 55.1 Å². The standard InChI is InChI=1S/C14H16N2O/c1-3-4-11(2)16-14(17)10-7-12-5-8-13(15)9-6-12/h1,5-11H,4,15H2,2H3,(H,16,17)/b10-7+. The number of nitrogens with two attached hydrogens (primary N) is 1. The summed E-state index contributed by atoms with van der Waals surface area (Å²) in [6, 6.07) is 7.27. The molecule has 3 nitrogen and oxygen atoms in total. The fourth-order valence-electron chi connectivity index (χ4n) is 1.30. The summed E-state index contributed by atoms with van der Waals surface area (Å²) in [5.74, 6) is 2.35. The summed E-state index contributed by atoms with van der Waals surface area (Å²) in [5, 5.41) is 2.77. The molecular formula is C14H16N2O. The van der Waals surface area contributed by atoms with Crippen LogP contribution in [-0.4, -0.2) is 11.9 Å². The molecular weight excluding hydrogens is 212 g/mol. The SMILES string of the molecule is C#CCC(C)NC(=O)/C=C/c1ccc(N)cc1. The van der Waals surface area contributed by atoms with Crippen molar-refractivity contribution in [3.63, 3.8) is 0 Å². The van der Waals surface area contributed by atoms with Crippen molar-refractivity contribution in [2.75, 3.05) is 5.73 Å². The van der Waals surface area contributed by atoms with Crippen molar-refractivity contribution in [2.45, 2.75) is 19.4 Å². The largest absolute Gasteiger partial charge is 0.399 e. The van der Waals surface area contributed by atoms with Crippen molar-refractivity contribution in [2.24, 2.45) is 0 Å². The van der Waals surface area contributed by atoms with Gasteiger partial charge in [-0.25, -0.2) is 0 Å².